The minimum atomic E-state index is -0.389. The van der Waals surface area contributed by atoms with Crippen molar-refractivity contribution in [3.63, 3.8) is 0 Å². The summed E-state index contributed by atoms with van der Waals surface area (Å²) in [5.41, 5.74) is 4.21. The summed E-state index contributed by atoms with van der Waals surface area (Å²) >= 11 is 0. The summed E-state index contributed by atoms with van der Waals surface area (Å²) < 4.78 is 5.71. The summed E-state index contributed by atoms with van der Waals surface area (Å²) in [5, 5.41) is 20.4. The molecule has 1 aliphatic carbocycles. The Bertz CT molecular complexity index is 1290. The monoisotopic (exact) mass is 381 g/mol. The number of nitro groups is 1. The van der Waals surface area contributed by atoms with E-state index < -0.39 is 0 Å². The molecule has 0 bridgehead atoms. The predicted molar refractivity (Wildman–Crippen MR) is 110 cm³/mol. The van der Waals surface area contributed by atoms with E-state index in [1.54, 1.807) is 18.4 Å². The first-order valence-corrected chi connectivity index (χ1v) is 9.40. The van der Waals surface area contributed by atoms with E-state index in [2.05, 4.69) is 36.4 Å². The number of hydrogen-bond donors (Lipinski definition) is 0. The summed E-state index contributed by atoms with van der Waals surface area (Å²) in [6.45, 7) is 0. The lowest BCUT2D eigenvalue weighted by Crippen LogP contribution is -2.20. The average Bonchev–Trinajstić information content (AvgIpc) is 3.46. The van der Waals surface area contributed by atoms with Crippen LogP contribution in [0.5, 0.6) is 0 Å². The Kier molecular flexibility index (Phi) is 3.20. The normalized spacial score (nSPS) is 19.4. The smallest absolute Gasteiger partial charge is 0.269 e. The van der Waals surface area contributed by atoms with Gasteiger partial charge in [0.15, 0.2) is 5.76 Å². The quantitative estimate of drug-likeness (QED) is 0.352. The SMILES string of the molecule is O=[N+]([O-])c1ccc(N2N=C(c3ccco3)C3c4cccc5cccc(c45)C32)cc1. The van der Waals surface area contributed by atoms with Gasteiger partial charge in [-0.1, -0.05) is 36.4 Å². The summed E-state index contributed by atoms with van der Waals surface area (Å²) in [4.78, 5) is 10.7. The Morgan fingerprint density at radius 3 is 2.38 bits per heavy atom. The fourth-order valence-corrected chi connectivity index (χ4v) is 4.64. The first kappa shape index (κ1) is 16.1. The lowest BCUT2D eigenvalue weighted by Gasteiger charge is -2.24. The van der Waals surface area contributed by atoms with Crippen molar-refractivity contribution < 1.29 is 9.34 Å². The van der Waals surface area contributed by atoms with Crippen LogP contribution >= 0.6 is 0 Å². The number of anilines is 1. The van der Waals surface area contributed by atoms with Crippen LogP contribution in [0, 0.1) is 10.1 Å². The van der Waals surface area contributed by atoms with Crippen molar-refractivity contribution in [3.8, 4) is 0 Å². The van der Waals surface area contributed by atoms with Gasteiger partial charge in [-0.3, -0.25) is 15.1 Å². The topological polar surface area (TPSA) is 71.9 Å². The molecule has 0 spiro atoms. The molecular weight excluding hydrogens is 366 g/mol. The molecule has 1 aliphatic heterocycles. The molecule has 0 fully saturated rings. The molecular formula is C23H15N3O3. The fraction of sp³-hybridized carbons (Fsp3) is 0.0870. The first-order chi connectivity index (χ1) is 14.2. The van der Waals surface area contributed by atoms with Crippen LogP contribution in [0.3, 0.4) is 0 Å². The van der Waals surface area contributed by atoms with Crippen LogP contribution in [0.4, 0.5) is 11.4 Å². The molecule has 0 N–H and O–H groups in total. The lowest BCUT2D eigenvalue weighted by molar-refractivity contribution is -0.384. The van der Waals surface area contributed by atoms with Crippen LogP contribution in [0.1, 0.15) is 28.8 Å². The fourth-order valence-electron chi connectivity index (χ4n) is 4.64. The third-order valence-electron chi connectivity index (χ3n) is 5.81. The highest BCUT2D eigenvalue weighted by atomic mass is 16.6. The Labute approximate surface area is 165 Å². The zero-order valence-corrected chi connectivity index (χ0v) is 15.2. The number of furan rings is 1. The first-order valence-electron chi connectivity index (χ1n) is 9.40. The highest BCUT2D eigenvalue weighted by molar-refractivity contribution is 6.11. The van der Waals surface area contributed by atoms with Crippen LogP contribution in [-0.4, -0.2) is 10.6 Å². The summed E-state index contributed by atoms with van der Waals surface area (Å²) in [6, 6.07) is 23.1. The van der Waals surface area contributed by atoms with Gasteiger partial charge in [-0.05, 0) is 46.2 Å². The molecule has 4 aromatic rings. The van der Waals surface area contributed by atoms with Crippen molar-refractivity contribution in [3.05, 3.63) is 106 Å². The third-order valence-corrected chi connectivity index (χ3v) is 5.81. The molecule has 2 unspecified atom stereocenters. The van der Waals surface area contributed by atoms with E-state index in [4.69, 9.17) is 9.52 Å². The highest BCUT2D eigenvalue weighted by Crippen LogP contribution is 2.54. The van der Waals surface area contributed by atoms with Crippen LogP contribution in [0.25, 0.3) is 10.8 Å². The highest BCUT2D eigenvalue weighted by Gasteiger charge is 2.47. The number of nitro benzene ring substituents is 1. The van der Waals surface area contributed by atoms with Gasteiger partial charge in [-0.2, -0.15) is 5.10 Å². The molecule has 0 saturated heterocycles. The van der Waals surface area contributed by atoms with Crippen LogP contribution in [-0.2, 0) is 0 Å². The van der Waals surface area contributed by atoms with Gasteiger partial charge in [0.2, 0.25) is 0 Å². The van der Waals surface area contributed by atoms with Crippen LogP contribution in [0.2, 0.25) is 0 Å². The van der Waals surface area contributed by atoms with Gasteiger partial charge in [0.05, 0.1) is 28.8 Å². The van der Waals surface area contributed by atoms with Crippen molar-refractivity contribution in [2.24, 2.45) is 5.10 Å². The molecule has 140 valence electrons. The van der Waals surface area contributed by atoms with E-state index in [-0.39, 0.29) is 22.6 Å². The Morgan fingerprint density at radius 1 is 0.931 bits per heavy atom. The average molecular weight is 381 g/mol. The number of nitrogens with zero attached hydrogens (tertiary/aromatic N) is 3. The Morgan fingerprint density at radius 2 is 1.69 bits per heavy atom. The Hall–Kier alpha value is -3.93. The van der Waals surface area contributed by atoms with Gasteiger partial charge in [-0.15, -0.1) is 0 Å². The molecule has 29 heavy (non-hydrogen) atoms. The number of rotatable bonds is 3. The molecule has 6 rings (SSSR count). The standard InChI is InChI=1S/C23H15N3O3/c27-26(28)16-11-9-15(10-12-16)25-23-18-7-2-5-14-4-1-6-17(20(14)18)21(23)22(24-25)19-8-3-13-29-19/h1-13,21,23H. The molecule has 1 aromatic heterocycles. The van der Waals surface area contributed by atoms with Crippen LogP contribution < -0.4 is 5.01 Å². The summed E-state index contributed by atoms with van der Waals surface area (Å²) in [6.07, 6.45) is 1.66. The van der Waals surface area contributed by atoms with Gasteiger partial charge in [-0.25, -0.2) is 0 Å². The third kappa shape index (κ3) is 2.20. The van der Waals surface area contributed by atoms with Gasteiger partial charge >= 0.3 is 0 Å². The number of fused-ring (bicyclic) bond motifs is 3. The molecule has 0 amide bonds. The van der Waals surface area contributed by atoms with Crippen molar-refractivity contribution >= 4 is 27.9 Å². The predicted octanol–water partition coefficient (Wildman–Crippen LogP) is 5.40. The number of non-ortho nitro benzene ring substituents is 1. The molecule has 2 atom stereocenters. The Balaban J connectivity index is 1.56. The van der Waals surface area contributed by atoms with Gasteiger partial charge in [0.1, 0.15) is 5.71 Å². The zero-order valence-electron chi connectivity index (χ0n) is 15.2. The van der Waals surface area contributed by atoms with E-state index in [0.29, 0.717) is 0 Å². The molecule has 3 aromatic carbocycles. The van der Waals surface area contributed by atoms with Gasteiger partial charge in [0.25, 0.3) is 5.69 Å². The summed E-state index contributed by atoms with van der Waals surface area (Å²) in [7, 11) is 0. The van der Waals surface area contributed by atoms with E-state index in [1.165, 1.54) is 34.0 Å². The summed E-state index contributed by atoms with van der Waals surface area (Å²) in [5.74, 6) is 0.784. The second kappa shape index (κ2) is 5.78. The second-order valence-corrected chi connectivity index (χ2v) is 7.30. The van der Waals surface area contributed by atoms with Crippen LogP contribution in [0.15, 0.2) is 88.6 Å². The van der Waals surface area contributed by atoms with E-state index in [9.17, 15) is 10.1 Å². The van der Waals surface area contributed by atoms with E-state index >= 15 is 0 Å². The minimum absolute atomic E-state index is 0.0161. The van der Waals surface area contributed by atoms with Gasteiger partial charge < -0.3 is 4.42 Å². The number of benzene rings is 3. The molecule has 6 heteroatoms. The van der Waals surface area contributed by atoms with E-state index in [0.717, 1.165) is 17.2 Å². The molecule has 2 heterocycles. The maximum Gasteiger partial charge on any atom is 0.269 e. The second-order valence-electron chi connectivity index (χ2n) is 7.30. The molecule has 0 radical (unpaired) electrons. The molecule has 6 nitrogen and oxygen atoms in total. The maximum atomic E-state index is 11.1. The number of hydrogen-bond acceptors (Lipinski definition) is 5. The number of hydrazone groups is 1. The van der Waals surface area contributed by atoms with Crippen molar-refractivity contribution in [2.75, 3.05) is 5.01 Å². The van der Waals surface area contributed by atoms with Crippen molar-refractivity contribution in [1.82, 2.24) is 0 Å². The largest absolute Gasteiger partial charge is 0.463 e. The van der Waals surface area contributed by atoms with Gasteiger partial charge in [0, 0.05) is 12.1 Å². The maximum absolute atomic E-state index is 11.1. The van der Waals surface area contributed by atoms with E-state index in [1.807, 2.05) is 17.1 Å². The van der Waals surface area contributed by atoms with Crippen molar-refractivity contribution in [1.29, 1.82) is 0 Å². The van der Waals surface area contributed by atoms with Crippen molar-refractivity contribution in [2.45, 2.75) is 12.0 Å². The molecule has 0 saturated carbocycles. The zero-order chi connectivity index (χ0) is 19.5. The molecule has 2 aliphatic rings. The minimum Gasteiger partial charge on any atom is -0.463 e. The lowest BCUT2D eigenvalue weighted by atomic mass is 9.91.